The number of amides is 1. The second-order valence-corrected chi connectivity index (χ2v) is 5.95. The van der Waals surface area contributed by atoms with E-state index in [9.17, 15) is 4.79 Å². The Kier molecular flexibility index (Phi) is 4.55. The summed E-state index contributed by atoms with van der Waals surface area (Å²) in [4.78, 5) is 22.3. The molecule has 5 heteroatoms. The molecule has 2 aromatic rings. The maximum Gasteiger partial charge on any atom is 0.238 e. The van der Waals surface area contributed by atoms with Gasteiger partial charge in [-0.3, -0.25) is 9.78 Å². The summed E-state index contributed by atoms with van der Waals surface area (Å²) in [5.41, 5.74) is 1.95. The van der Waals surface area contributed by atoms with E-state index in [2.05, 4.69) is 9.97 Å². The number of aryl methyl sites for hydroxylation is 1. The van der Waals surface area contributed by atoms with Crippen molar-refractivity contribution in [3.63, 3.8) is 0 Å². The van der Waals surface area contributed by atoms with E-state index < -0.39 is 0 Å². The molecule has 0 spiro atoms. The molecule has 1 fully saturated rings. The number of aromatic nitrogens is 2. The third-order valence-corrected chi connectivity index (χ3v) is 4.22. The minimum atomic E-state index is 0.120. The van der Waals surface area contributed by atoms with E-state index in [1.54, 1.807) is 19.3 Å². The van der Waals surface area contributed by atoms with Gasteiger partial charge >= 0.3 is 0 Å². The molecule has 0 unspecified atom stereocenters. The van der Waals surface area contributed by atoms with Crippen molar-refractivity contribution < 1.29 is 9.53 Å². The minimum absolute atomic E-state index is 0.120. The first kappa shape index (κ1) is 15.5. The Bertz CT molecular complexity index is 702. The number of piperidine rings is 1. The van der Waals surface area contributed by atoms with E-state index >= 15 is 0 Å². The number of carbonyl (C=O) groups excluding carboxylic acids is 1. The molecule has 1 atom stereocenters. The van der Waals surface area contributed by atoms with Crippen LogP contribution in [0.1, 0.15) is 36.9 Å². The van der Waals surface area contributed by atoms with Crippen molar-refractivity contribution in [3.05, 3.63) is 47.9 Å². The zero-order valence-electron chi connectivity index (χ0n) is 13.5. The Morgan fingerprint density at radius 1 is 1.30 bits per heavy atom. The molecule has 23 heavy (non-hydrogen) atoms. The van der Waals surface area contributed by atoms with Gasteiger partial charge in [0.2, 0.25) is 11.8 Å². The summed E-state index contributed by atoms with van der Waals surface area (Å²) in [6.07, 6.45) is 5.42. The van der Waals surface area contributed by atoms with Crippen LogP contribution in [0.3, 0.4) is 0 Å². The maximum absolute atomic E-state index is 11.6. The summed E-state index contributed by atoms with van der Waals surface area (Å²) in [5.74, 6) is 1.63. The fourth-order valence-corrected chi connectivity index (χ4v) is 2.90. The van der Waals surface area contributed by atoms with Gasteiger partial charge in [-0.05, 0) is 31.4 Å². The lowest BCUT2D eigenvalue weighted by atomic mass is 9.95. The van der Waals surface area contributed by atoms with Crippen LogP contribution in [0.2, 0.25) is 0 Å². The van der Waals surface area contributed by atoms with E-state index in [0.29, 0.717) is 12.4 Å². The van der Waals surface area contributed by atoms with Crippen molar-refractivity contribution >= 4 is 5.91 Å². The maximum atomic E-state index is 11.6. The van der Waals surface area contributed by atoms with Crippen molar-refractivity contribution in [2.45, 2.75) is 32.6 Å². The molecule has 0 N–H and O–H groups in total. The average Bonchev–Trinajstić information content (AvgIpc) is 2.57. The predicted octanol–water partition coefficient (Wildman–Crippen LogP) is 3.30. The Hall–Kier alpha value is -2.43. The quantitative estimate of drug-likeness (QED) is 0.872. The molecule has 1 aliphatic rings. The van der Waals surface area contributed by atoms with Gasteiger partial charge in [0.1, 0.15) is 5.75 Å². The third-order valence-electron chi connectivity index (χ3n) is 4.22. The van der Waals surface area contributed by atoms with Gasteiger partial charge in [0.15, 0.2) is 0 Å². The predicted molar refractivity (Wildman–Crippen MR) is 87.5 cm³/mol. The van der Waals surface area contributed by atoms with Crippen molar-refractivity contribution in [2.75, 3.05) is 13.1 Å². The highest BCUT2D eigenvalue weighted by Crippen LogP contribution is 2.28. The normalized spacial score (nSPS) is 17.8. The van der Waals surface area contributed by atoms with Crippen LogP contribution in [0.5, 0.6) is 11.6 Å². The standard InChI is InChI=1S/C18H21N3O2/c1-13-6-3-4-8-17(13)23-18-11-19-10-16(20-18)15-7-5-9-21(12-15)14(2)22/h3-4,6,8,10-11,15H,5,7,9,12H2,1-2H3/t15-/m1/s1. The van der Waals surface area contributed by atoms with Gasteiger partial charge in [0.25, 0.3) is 0 Å². The monoisotopic (exact) mass is 311 g/mol. The van der Waals surface area contributed by atoms with Crippen molar-refractivity contribution in [3.8, 4) is 11.6 Å². The van der Waals surface area contributed by atoms with Gasteiger partial charge in [-0.15, -0.1) is 0 Å². The molecule has 5 nitrogen and oxygen atoms in total. The van der Waals surface area contributed by atoms with Gasteiger partial charge in [-0.1, -0.05) is 18.2 Å². The van der Waals surface area contributed by atoms with Crippen LogP contribution in [0.4, 0.5) is 0 Å². The van der Waals surface area contributed by atoms with E-state index in [1.165, 1.54) is 0 Å². The first-order chi connectivity index (χ1) is 11.1. The van der Waals surface area contributed by atoms with Gasteiger partial charge in [0, 0.05) is 32.1 Å². The highest BCUT2D eigenvalue weighted by Gasteiger charge is 2.24. The smallest absolute Gasteiger partial charge is 0.238 e. The number of ether oxygens (including phenoxy) is 1. The lowest BCUT2D eigenvalue weighted by molar-refractivity contribution is -0.130. The SMILES string of the molecule is CC(=O)N1CCC[C@@H](c2cncc(Oc3ccccc3C)n2)C1. The van der Waals surface area contributed by atoms with Crippen LogP contribution in [0.25, 0.3) is 0 Å². The number of benzene rings is 1. The lowest BCUT2D eigenvalue weighted by Crippen LogP contribution is -2.37. The molecule has 1 amide bonds. The van der Waals surface area contributed by atoms with Crippen LogP contribution < -0.4 is 4.74 Å². The molecule has 0 radical (unpaired) electrons. The third kappa shape index (κ3) is 3.67. The lowest BCUT2D eigenvalue weighted by Gasteiger charge is -2.31. The van der Waals surface area contributed by atoms with Gasteiger partial charge < -0.3 is 9.64 Å². The number of carbonyl (C=O) groups is 1. The molecule has 0 aliphatic carbocycles. The second kappa shape index (κ2) is 6.77. The Morgan fingerprint density at radius 2 is 2.13 bits per heavy atom. The molecule has 2 heterocycles. The number of para-hydroxylation sites is 1. The molecule has 1 aromatic heterocycles. The number of hydrogen-bond acceptors (Lipinski definition) is 4. The summed E-state index contributed by atoms with van der Waals surface area (Å²) in [5, 5.41) is 0. The Balaban J connectivity index is 1.77. The minimum Gasteiger partial charge on any atom is -0.437 e. The fraction of sp³-hybridized carbons (Fsp3) is 0.389. The molecular formula is C18H21N3O2. The van der Waals surface area contributed by atoms with Crippen LogP contribution >= 0.6 is 0 Å². The zero-order valence-corrected chi connectivity index (χ0v) is 13.5. The largest absolute Gasteiger partial charge is 0.437 e. The van der Waals surface area contributed by atoms with Crippen LogP contribution in [0, 0.1) is 6.92 Å². The number of likely N-dealkylation sites (tertiary alicyclic amines) is 1. The van der Waals surface area contributed by atoms with Gasteiger partial charge in [0.05, 0.1) is 11.9 Å². The van der Waals surface area contributed by atoms with E-state index in [0.717, 1.165) is 36.4 Å². The van der Waals surface area contributed by atoms with Gasteiger partial charge in [-0.2, -0.15) is 0 Å². The molecule has 1 aliphatic heterocycles. The summed E-state index contributed by atoms with van der Waals surface area (Å²) in [7, 11) is 0. The van der Waals surface area contributed by atoms with E-state index in [1.807, 2.05) is 36.1 Å². The van der Waals surface area contributed by atoms with Crippen LogP contribution in [-0.2, 0) is 4.79 Å². The number of nitrogens with zero attached hydrogens (tertiary/aromatic N) is 3. The van der Waals surface area contributed by atoms with Crippen molar-refractivity contribution in [1.82, 2.24) is 14.9 Å². The topological polar surface area (TPSA) is 55.3 Å². The Labute approximate surface area is 136 Å². The summed E-state index contributed by atoms with van der Waals surface area (Å²) >= 11 is 0. The first-order valence-electron chi connectivity index (χ1n) is 7.94. The average molecular weight is 311 g/mol. The highest BCUT2D eigenvalue weighted by molar-refractivity contribution is 5.73. The highest BCUT2D eigenvalue weighted by atomic mass is 16.5. The molecular weight excluding hydrogens is 290 g/mol. The molecule has 120 valence electrons. The second-order valence-electron chi connectivity index (χ2n) is 5.95. The van der Waals surface area contributed by atoms with E-state index in [-0.39, 0.29) is 11.8 Å². The summed E-state index contributed by atoms with van der Waals surface area (Å²) in [6, 6.07) is 7.83. The number of hydrogen-bond donors (Lipinski definition) is 0. The van der Waals surface area contributed by atoms with Crippen molar-refractivity contribution in [1.29, 1.82) is 0 Å². The first-order valence-corrected chi connectivity index (χ1v) is 7.94. The van der Waals surface area contributed by atoms with Crippen LogP contribution in [0.15, 0.2) is 36.7 Å². The molecule has 1 aromatic carbocycles. The summed E-state index contributed by atoms with van der Waals surface area (Å²) < 4.78 is 5.86. The zero-order chi connectivity index (χ0) is 16.2. The Morgan fingerprint density at radius 3 is 2.91 bits per heavy atom. The number of rotatable bonds is 3. The van der Waals surface area contributed by atoms with E-state index in [4.69, 9.17) is 4.74 Å². The molecule has 3 rings (SSSR count). The van der Waals surface area contributed by atoms with Crippen LogP contribution in [-0.4, -0.2) is 33.9 Å². The molecule has 0 bridgehead atoms. The fourth-order valence-electron chi connectivity index (χ4n) is 2.90. The molecule has 1 saturated heterocycles. The van der Waals surface area contributed by atoms with Gasteiger partial charge in [-0.25, -0.2) is 4.98 Å². The van der Waals surface area contributed by atoms with Crippen molar-refractivity contribution in [2.24, 2.45) is 0 Å². The summed E-state index contributed by atoms with van der Waals surface area (Å²) in [6.45, 7) is 5.15. The molecule has 0 saturated carbocycles.